The first-order valence-electron chi connectivity index (χ1n) is 6.31. The van der Waals surface area contributed by atoms with Crippen LogP contribution in [0, 0.1) is 6.92 Å². The molecule has 3 N–H and O–H groups in total. The molecule has 0 saturated carbocycles. The second-order valence-electron chi connectivity index (χ2n) is 4.71. The first kappa shape index (κ1) is 12.8. The molecule has 3 rings (SSSR count). The fourth-order valence-corrected chi connectivity index (χ4v) is 2.46. The molecule has 0 aliphatic carbocycles. The standard InChI is InChI=1S/C16H14ClN3/c1-10-5-6-15(12(17)9-10)20-14-7-8-19-16-11(14)3-2-4-13(16)18/h2-9H,18H2,1H3,(H,19,20). The lowest BCUT2D eigenvalue weighted by molar-refractivity contribution is 1.40. The van der Waals surface area contributed by atoms with Crippen LogP contribution in [0.5, 0.6) is 0 Å². The van der Waals surface area contributed by atoms with Crippen LogP contribution in [-0.4, -0.2) is 4.98 Å². The van der Waals surface area contributed by atoms with E-state index in [2.05, 4.69) is 10.3 Å². The lowest BCUT2D eigenvalue weighted by Gasteiger charge is -2.12. The quantitative estimate of drug-likeness (QED) is 0.680. The molecular weight excluding hydrogens is 270 g/mol. The molecule has 20 heavy (non-hydrogen) atoms. The molecule has 0 bridgehead atoms. The normalized spacial score (nSPS) is 10.7. The summed E-state index contributed by atoms with van der Waals surface area (Å²) in [6, 6.07) is 13.6. The summed E-state index contributed by atoms with van der Waals surface area (Å²) in [5, 5.41) is 5.01. The van der Waals surface area contributed by atoms with Crippen molar-refractivity contribution >= 4 is 39.6 Å². The van der Waals surface area contributed by atoms with Gasteiger partial charge in [-0.15, -0.1) is 0 Å². The predicted molar refractivity (Wildman–Crippen MR) is 85.6 cm³/mol. The third-order valence-corrected chi connectivity index (χ3v) is 3.51. The van der Waals surface area contributed by atoms with E-state index < -0.39 is 0 Å². The first-order valence-corrected chi connectivity index (χ1v) is 6.69. The van der Waals surface area contributed by atoms with Crippen molar-refractivity contribution in [1.82, 2.24) is 4.98 Å². The van der Waals surface area contributed by atoms with Gasteiger partial charge in [0.15, 0.2) is 0 Å². The number of aryl methyl sites for hydroxylation is 1. The van der Waals surface area contributed by atoms with Crippen molar-refractivity contribution in [2.75, 3.05) is 11.1 Å². The van der Waals surface area contributed by atoms with Crippen LogP contribution in [0.4, 0.5) is 17.1 Å². The summed E-state index contributed by atoms with van der Waals surface area (Å²) in [6.07, 6.45) is 1.74. The maximum absolute atomic E-state index is 6.26. The summed E-state index contributed by atoms with van der Waals surface area (Å²) in [4.78, 5) is 4.32. The van der Waals surface area contributed by atoms with Crippen LogP contribution < -0.4 is 11.1 Å². The van der Waals surface area contributed by atoms with Crippen LogP contribution in [0.3, 0.4) is 0 Å². The van der Waals surface area contributed by atoms with E-state index in [1.807, 2.05) is 49.4 Å². The zero-order valence-corrected chi connectivity index (χ0v) is 11.8. The Hall–Kier alpha value is -2.26. The smallest absolute Gasteiger partial charge is 0.0951 e. The van der Waals surface area contributed by atoms with E-state index in [0.29, 0.717) is 10.7 Å². The summed E-state index contributed by atoms with van der Waals surface area (Å²) in [6.45, 7) is 2.01. The molecule has 1 aromatic heterocycles. The minimum absolute atomic E-state index is 0.668. The Morgan fingerprint density at radius 3 is 2.75 bits per heavy atom. The average Bonchev–Trinajstić information content (AvgIpc) is 2.43. The van der Waals surface area contributed by atoms with Crippen molar-refractivity contribution in [2.45, 2.75) is 6.92 Å². The van der Waals surface area contributed by atoms with Gasteiger partial charge in [-0.1, -0.05) is 29.8 Å². The Balaban J connectivity index is 2.09. The predicted octanol–water partition coefficient (Wildman–Crippen LogP) is 4.52. The Kier molecular flexibility index (Phi) is 3.20. The number of benzene rings is 2. The number of pyridine rings is 1. The summed E-state index contributed by atoms with van der Waals surface area (Å²) >= 11 is 6.26. The maximum Gasteiger partial charge on any atom is 0.0951 e. The molecule has 1 heterocycles. The van der Waals surface area contributed by atoms with Crippen molar-refractivity contribution in [3.05, 3.63) is 59.2 Å². The summed E-state index contributed by atoms with van der Waals surface area (Å²) in [7, 11) is 0. The van der Waals surface area contributed by atoms with Crippen LogP contribution in [0.1, 0.15) is 5.56 Å². The lowest BCUT2D eigenvalue weighted by Crippen LogP contribution is -1.95. The molecule has 0 aliphatic rings. The first-order chi connectivity index (χ1) is 9.65. The molecule has 0 fully saturated rings. The lowest BCUT2D eigenvalue weighted by atomic mass is 10.1. The third kappa shape index (κ3) is 2.28. The van der Waals surface area contributed by atoms with E-state index in [-0.39, 0.29) is 0 Å². The van der Waals surface area contributed by atoms with Crippen LogP contribution in [0.2, 0.25) is 5.02 Å². The highest BCUT2D eigenvalue weighted by molar-refractivity contribution is 6.33. The summed E-state index contributed by atoms with van der Waals surface area (Å²) < 4.78 is 0. The second-order valence-corrected chi connectivity index (χ2v) is 5.12. The number of hydrogen-bond donors (Lipinski definition) is 2. The fraction of sp³-hybridized carbons (Fsp3) is 0.0625. The van der Waals surface area contributed by atoms with E-state index >= 15 is 0 Å². The van der Waals surface area contributed by atoms with Gasteiger partial charge in [-0.3, -0.25) is 4.98 Å². The molecule has 3 aromatic rings. The number of halogens is 1. The monoisotopic (exact) mass is 283 g/mol. The van der Waals surface area contributed by atoms with Gasteiger partial charge in [0.05, 0.1) is 21.9 Å². The zero-order chi connectivity index (χ0) is 14.1. The minimum Gasteiger partial charge on any atom is -0.397 e. The van der Waals surface area contributed by atoms with E-state index in [1.54, 1.807) is 6.20 Å². The molecule has 4 heteroatoms. The number of aromatic nitrogens is 1. The molecule has 0 radical (unpaired) electrons. The van der Waals surface area contributed by atoms with Gasteiger partial charge in [0.25, 0.3) is 0 Å². The van der Waals surface area contributed by atoms with E-state index in [0.717, 1.165) is 27.8 Å². The number of anilines is 3. The Morgan fingerprint density at radius 1 is 1.10 bits per heavy atom. The molecule has 100 valence electrons. The van der Waals surface area contributed by atoms with Gasteiger partial charge in [0.2, 0.25) is 0 Å². The number of para-hydroxylation sites is 1. The molecule has 0 aliphatic heterocycles. The number of nitrogen functional groups attached to an aromatic ring is 1. The highest BCUT2D eigenvalue weighted by atomic mass is 35.5. The Morgan fingerprint density at radius 2 is 1.95 bits per heavy atom. The minimum atomic E-state index is 0.668. The zero-order valence-electron chi connectivity index (χ0n) is 11.0. The van der Waals surface area contributed by atoms with Crippen molar-refractivity contribution in [3.63, 3.8) is 0 Å². The summed E-state index contributed by atoms with van der Waals surface area (Å²) in [5.41, 5.74) is 10.3. The molecular formula is C16H14ClN3. The SMILES string of the molecule is Cc1ccc(Nc2ccnc3c(N)cccc23)c(Cl)c1. The molecule has 0 unspecified atom stereocenters. The average molecular weight is 284 g/mol. The van der Waals surface area contributed by atoms with Crippen LogP contribution in [-0.2, 0) is 0 Å². The number of nitrogens with two attached hydrogens (primary N) is 1. The number of nitrogens with one attached hydrogen (secondary N) is 1. The van der Waals surface area contributed by atoms with Crippen LogP contribution in [0.25, 0.3) is 10.9 Å². The fourth-order valence-electron chi connectivity index (χ4n) is 2.17. The van der Waals surface area contributed by atoms with Crippen LogP contribution in [0.15, 0.2) is 48.7 Å². The third-order valence-electron chi connectivity index (χ3n) is 3.20. The van der Waals surface area contributed by atoms with Gasteiger partial charge >= 0.3 is 0 Å². The maximum atomic E-state index is 6.26. The Labute approximate surface area is 122 Å². The van der Waals surface area contributed by atoms with Gasteiger partial charge < -0.3 is 11.1 Å². The van der Waals surface area contributed by atoms with Crippen molar-refractivity contribution < 1.29 is 0 Å². The topological polar surface area (TPSA) is 50.9 Å². The van der Waals surface area contributed by atoms with Crippen LogP contribution >= 0.6 is 11.6 Å². The summed E-state index contributed by atoms with van der Waals surface area (Å²) in [5.74, 6) is 0. The molecule has 2 aromatic carbocycles. The van der Waals surface area contributed by atoms with Crippen molar-refractivity contribution in [2.24, 2.45) is 0 Å². The largest absolute Gasteiger partial charge is 0.397 e. The molecule has 0 amide bonds. The highest BCUT2D eigenvalue weighted by Crippen LogP contribution is 2.31. The van der Waals surface area contributed by atoms with Gasteiger partial charge in [0, 0.05) is 17.3 Å². The van der Waals surface area contributed by atoms with Gasteiger partial charge in [-0.2, -0.15) is 0 Å². The van der Waals surface area contributed by atoms with E-state index in [1.165, 1.54) is 0 Å². The number of nitrogens with zero attached hydrogens (tertiary/aromatic N) is 1. The second kappa shape index (κ2) is 5.02. The van der Waals surface area contributed by atoms with Crippen molar-refractivity contribution in [3.8, 4) is 0 Å². The number of rotatable bonds is 2. The van der Waals surface area contributed by atoms with Gasteiger partial charge in [0.1, 0.15) is 0 Å². The highest BCUT2D eigenvalue weighted by Gasteiger charge is 2.06. The van der Waals surface area contributed by atoms with E-state index in [4.69, 9.17) is 17.3 Å². The van der Waals surface area contributed by atoms with Crippen molar-refractivity contribution in [1.29, 1.82) is 0 Å². The van der Waals surface area contributed by atoms with Gasteiger partial charge in [-0.05, 0) is 36.8 Å². The molecule has 3 nitrogen and oxygen atoms in total. The van der Waals surface area contributed by atoms with Gasteiger partial charge in [-0.25, -0.2) is 0 Å². The molecule has 0 saturated heterocycles. The Bertz CT molecular complexity index is 784. The number of hydrogen-bond acceptors (Lipinski definition) is 3. The van der Waals surface area contributed by atoms with E-state index in [9.17, 15) is 0 Å². The number of fused-ring (bicyclic) bond motifs is 1. The molecule has 0 atom stereocenters. The molecule has 0 spiro atoms.